The van der Waals surface area contributed by atoms with Crippen molar-refractivity contribution in [2.24, 2.45) is 0 Å². The van der Waals surface area contributed by atoms with Crippen LogP contribution in [0.5, 0.6) is 0 Å². The molecule has 1 fully saturated rings. The van der Waals surface area contributed by atoms with Crippen molar-refractivity contribution in [2.75, 3.05) is 32.1 Å². The third-order valence-electron chi connectivity index (χ3n) is 6.29. The molecule has 0 saturated carbocycles. The van der Waals surface area contributed by atoms with E-state index >= 15 is 0 Å². The zero-order valence-electron chi connectivity index (χ0n) is 19.7. The summed E-state index contributed by atoms with van der Waals surface area (Å²) in [7, 11) is 4.01. The van der Waals surface area contributed by atoms with Crippen molar-refractivity contribution in [3.8, 4) is 22.6 Å². The number of halogens is 3. The Morgan fingerprint density at radius 2 is 1.86 bits per heavy atom. The Kier molecular flexibility index (Phi) is 6.31. The number of anilines is 1. The van der Waals surface area contributed by atoms with Crippen molar-refractivity contribution in [2.45, 2.75) is 19.0 Å². The predicted octanol–water partition coefficient (Wildman–Crippen LogP) is 3.57. The van der Waals surface area contributed by atoms with Crippen molar-refractivity contribution in [1.82, 2.24) is 24.8 Å². The molecular weight excluding hydrogens is 473 g/mol. The van der Waals surface area contributed by atoms with Crippen LogP contribution in [0.15, 0.2) is 57.8 Å². The molecule has 1 atom stereocenters. The lowest BCUT2D eigenvalue weighted by molar-refractivity contribution is 0.391. The highest BCUT2D eigenvalue weighted by Crippen LogP contribution is 2.25. The number of hydrogen-bond acceptors (Lipinski definition) is 7. The fourth-order valence-electron chi connectivity index (χ4n) is 4.26. The van der Waals surface area contributed by atoms with Crippen molar-refractivity contribution >= 4 is 6.01 Å². The molecule has 1 saturated heterocycles. The molecule has 1 aliphatic heterocycles. The van der Waals surface area contributed by atoms with Crippen molar-refractivity contribution in [3.05, 3.63) is 81.9 Å². The summed E-state index contributed by atoms with van der Waals surface area (Å²) in [4.78, 5) is 21.2. The summed E-state index contributed by atoms with van der Waals surface area (Å²) in [6.45, 7) is 2.02. The summed E-state index contributed by atoms with van der Waals surface area (Å²) in [5.41, 5.74) is 1.18. The summed E-state index contributed by atoms with van der Waals surface area (Å²) < 4.78 is 47.3. The Balaban J connectivity index is 1.38. The number of likely N-dealkylation sites (N-methyl/N-ethyl adjacent to an activating group) is 2. The van der Waals surface area contributed by atoms with Gasteiger partial charge in [0.05, 0.1) is 12.2 Å². The lowest BCUT2D eigenvalue weighted by atomic mass is 10.1. The minimum absolute atomic E-state index is 0.0193. The molecule has 0 amide bonds. The SMILES string of the molecule is CN1CCC(N(C)c2nc(-c3cccc(Cn4nc(-c5cc(F)c(F)c(F)c5)ccc4=O)c3)no2)C1. The second kappa shape index (κ2) is 9.57. The molecule has 3 heterocycles. The number of nitrogens with zero attached hydrogens (tertiary/aromatic N) is 6. The molecule has 8 nitrogen and oxygen atoms in total. The van der Waals surface area contributed by atoms with Crippen molar-refractivity contribution in [3.63, 3.8) is 0 Å². The van der Waals surface area contributed by atoms with E-state index in [0.717, 1.165) is 37.2 Å². The molecule has 36 heavy (non-hydrogen) atoms. The van der Waals surface area contributed by atoms with Gasteiger partial charge in [-0.2, -0.15) is 10.1 Å². The third-order valence-corrected chi connectivity index (χ3v) is 6.29. The maximum atomic E-state index is 13.7. The molecule has 0 radical (unpaired) electrons. The lowest BCUT2D eigenvalue weighted by Gasteiger charge is -2.21. The Labute approximate surface area is 204 Å². The minimum Gasteiger partial charge on any atom is -0.323 e. The van der Waals surface area contributed by atoms with Crippen LogP contribution in [0.25, 0.3) is 22.6 Å². The first kappa shape index (κ1) is 23.7. The molecule has 11 heteroatoms. The van der Waals surface area contributed by atoms with Gasteiger partial charge < -0.3 is 14.3 Å². The van der Waals surface area contributed by atoms with Crippen LogP contribution in [-0.4, -0.2) is 58.0 Å². The number of aromatic nitrogens is 4. The van der Waals surface area contributed by atoms with Gasteiger partial charge in [-0.05, 0) is 49.8 Å². The number of benzene rings is 2. The van der Waals surface area contributed by atoms with Gasteiger partial charge in [-0.3, -0.25) is 4.79 Å². The Morgan fingerprint density at radius 3 is 2.58 bits per heavy atom. The van der Waals surface area contributed by atoms with Gasteiger partial charge in [0, 0.05) is 36.8 Å². The number of likely N-dealkylation sites (tertiary alicyclic amines) is 1. The predicted molar refractivity (Wildman–Crippen MR) is 127 cm³/mol. The van der Waals surface area contributed by atoms with E-state index in [0.29, 0.717) is 23.4 Å². The molecule has 0 bridgehead atoms. The van der Waals surface area contributed by atoms with Crippen molar-refractivity contribution < 1.29 is 17.7 Å². The fraction of sp³-hybridized carbons (Fsp3) is 0.280. The van der Waals surface area contributed by atoms with Crippen LogP contribution in [0.3, 0.4) is 0 Å². The zero-order chi connectivity index (χ0) is 25.4. The van der Waals surface area contributed by atoms with Crippen LogP contribution in [-0.2, 0) is 6.54 Å². The summed E-state index contributed by atoms with van der Waals surface area (Å²) >= 11 is 0. The first-order chi connectivity index (χ1) is 17.3. The van der Waals surface area contributed by atoms with Crippen LogP contribution < -0.4 is 10.5 Å². The van der Waals surface area contributed by atoms with Crippen LogP contribution in [0.1, 0.15) is 12.0 Å². The minimum atomic E-state index is -1.56. The van der Waals surface area contributed by atoms with E-state index in [-0.39, 0.29) is 17.8 Å². The van der Waals surface area contributed by atoms with E-state index in [1.54, 1.807) is 6.07 Å². The molecule has 0 spiro atoms. The molecule has 5 rings (SSSR count). The maximum Gasteiger partial charge on any atom is 0.324 e. The Bertz CT molecular complexity index is 1450. The molecule has 4 aromatic rings. The number of hydrogen-bond donors (Lipinski definition) is 0. The maximum absolute atomic E-state index is 13.7. The fourth-order valence-corrected chi connectivity index (χ4v) is 4.26. The summed E-state index contributed by atoms with van der Waals surface area (Å²) in [5.74, 6) is -3.81. The topological polar surface area (TPSA) is 80.3 Å². The summed E-state index contributed by atoms with van der Waals surface area (Å²) in [6.07, 6.45) is 1.01. The molecule has 0 aliphatic carbocycles. The molecule has 2 aromatic heterocycles. The molecule has 0 N–H and O–H groups in total. The largest absolute Gasteiger partial charge is 0.324 e. The van der Waals surface area contributed by atoms with Gasteiger partial charge in [0.25, 0.3) is 5.56 Å². The van der Waals surface area contributed by atoms with E-state index in [1.807, 2.05) is 30.1 Å². The van der Waals surface area contributed by atoms with E-state index in [2.05, 4.69) is 27.2 Å². The average molecular weight is 496 g/mol. The molecule has 1 aliphatic rings. The van der Waals surface area contributed by atoms with Crippen LogP contribution in [0, 0.1) is 17.5 Å². The van der Waals surface area contributed by atoms with Crippen LogP contribution >= 0.6 is 0 Å². The number of rotatable bonds is 6. The highest BCUT2D eigenvalue weighted by Gasteiger charge is 2.26. The van der Waals surface area contributed by atoms with Crippen LogP contribution in [0.4, 0.5) is 19.2 Å². The second-order valence-electron chi connectivity index (χ2n) is 8.88. The van der Waals surface area contributed by atoms with E-state index < -0.39 is 23.0 Å². The summed E-state index contributed by atoms with van der Waals surface area (Å²) in [5, 5.41) is 8.33. The first-order valence-electron chi connectivity index (χ1n) is 11.4. The van der Waals surface area contributed by atoms with Gasteiger partial charge in [0.1, 0.15) is 0 Å². The van der Waals surface area contributed by atoms with E-state index in [9.17, 15) is 18.0 Å². The van der Waals surface area contributed by atoms with E-state index in [4.69, 9.17) is 4.52 Å². The Hall–Kier alpha value is -3.99. The molecular formula is C25H23F3N6O2. The lowest BCUT2D eigenvalue weighted by Crippen LogP contribution is -2.33. The van der Waals surface area contributed by atoms with Gasteiger partial charge in [0.2, 0.25) is 5.82 Å². The smallest absolute Gasteiger partial charge is 0.323 e. The molecule has 2 aromatic carbocycles. The monoisotopic (exact) mass is 496 g/mol. The second-order valence-corrected chi connectivity index (χ2v) is 8.88. The highest BCUT2D eigenvalue weighted by molar-refractivity contribution is 5.59. The first-order valence-corrected chi connectivity index (χ1v) is 11.4. The quantitative estimate of drug-likeness (QED) is 0.378. The average Bonchev–Trinajstić information content (AvgIpc) is 3.53. The normalized spacial score (nSPS) is 16.0. The standard InChI is InChI=1S/C25H23F3N6O2/c1-32-9-8-18(14-32)33(2)25-29-24(31-36-25)16-5-3-4-15(10-16)13-34-22(35)7-6-21(30-34)17-11-19(26)23(28)20(27)12-17/h3-7,10-12,18H,8-9,13-14H2,1-2H3. The van der Waals surface area contributed by atoms with Crippen molar-refractivity contribution in [1.29, 1.82) is 0 Å². The van der Waals surface area contributed by atoms with Gasteiger partial charge in [-0.25, -0.2) is 17.9 Å². The highest BCUT2D eigenvalue weighted by atomic mass is 19.2. The third kappa shape index (κ3) is 4.74. The van der Waals surface area contributed by atoms with Gasteiger partial charge in [-0.1, -0.05) is 23.4 Å². The Morgan fingerprint density at radius 1 is 1.08 bits per heavy atom. The van der Waals surface area contributed by atoms with Gasteiger partial charge >= 0.3 is 6.01 Å². The van der Waals surface area contributed by atoms with Crippen LogP contribution in [0.2, 0.25) is 0 Å². The zero-order valence-corrected chi connectivity index (χ0v) is 19.7. The van der Waals surface area contributed by atoms with Gasteiger partial charge in [-0.15, -0.1) is 0 Å². The van der Waals surface area contributed by atoms with Gasteiger partial charge in [0.15, 0.2) is 17.5 Å². The molecule has 186 valence electrons. The molecule has 1 unspecified atom stereocenters. The van der Waals surface area contributed by atoms with E-state index in [1.165, 1.54) is 16.8 Å². The summed E-state index contributed by atoms with van der Waals surface area (Å²) in [6, 6.07) is 12.2.